The Kier molecular flexibility index (Phi) is 2.38. The highest BCUT2D eigenvalue weighted by atomic mass is 16.6. The molecule has 0 N–H and O–H groups in total. The van der Waals surface area contributed by atoms with Gasteiger partial charge < -0.3 is 9.47 Å². The van der Waals surface area contributed by atoms with E-state index in [4.69, 9.17) is 9.47 Å². The summed E-state index contributed by atoms with van der Waals surface area (Å²) in [7, 11) is 0. The number of fused-ring (bicyclic) bond motifs is 8. The van der Waals surface area contributed by atoms with Gasteiger partial charge in [-0.05, 0) is 68.6 Å². The van der Waals surface area contributed by atoms with Gasteiger partial charge in [0.15, 0.2) is 0 Å². The van der Waals surface area contributed by atoms with Gasteiger partial charge in [-0.2, -0.15) is 0 Å². The fourth-order valence-electron chi connectivity index (χ4n) is 7.93. The zero-order valence-electron chi connectivity index (χ0n) is 13.4. The Labute approximate surface area is 136 Å². The molecule has 9 atom stereocenters. The number of ether oxygens (including phenoxy) is 2. The molecule has 6 rings (SSSR count). The molecule has 0 aromatic carbocycles. The number of carbonyl (C=O) groups excluding carboxylic acids is 2. The van der Waals surface area contributed by atoms with Crippen LogP contribution in [0.15, 0.2) is 0 Å². The first-order valence-corrected chi connectivity index (χ1v) is 9.55. The van der Waals surface area contributed by atoms with E-state index in [1.807, 2.05) is 0 Å². The number of rotatable bonds is 1. The van der Waals surface area contributed by atoms with Crippen molar-refractivity contribution in [1.29, 1.82) is 0 Å². The van der Waals surface area contributed by atoms with Gasteiger partial charge in [-0.15, -0.1) is 0 Å². The van der Waals surface area contributed by atoms with E-state index in [1.165, 1.54) is 19.3 Å². The minimum Gasteiger partial charge on any atom is -0.465 e. The van der Waals surface area contributed by atoms with Crippen molar-refractivity contribution in [2.75, 3.05) is 6.61 Å². The van der Waals surface area contributed by atoms with Crippen molar-refractivity contribution < 1.29 is 19.1 Å². The minimum absolute atomic E-state index is 0.0449. The van der Waals surface area contributed by atoms with E-state index in [-0.39, 0.29) is 29.4 Å². The Morgan fingerprint density at radius 2 is 1.91 bits per heavy atom. The normalized spacial score (nSPS) is 59.0. The predicted molar refractivity (Wildman–Crippen MR) is 80.0 cm³/mol. The molecule has 9 unspecified atom stereocenters. The van der Waals surface area contributed by atoms with Gasteiger partial charge in [0, 0.05) is 11.8 Å². The Morgan fingerprint density at radius 3 is 2.70 bits per heavy atom. The Balaban J connectivity index is 1.34. The summed E-state index contributed by atoms with van der Waals surface area (Å²) in [5.74, 6) is 3.52. The molecule has 2 aliphatic heterocycles. The van der Waals surface area contributed by atoms with Crippen molar-refractivity contribution in [1.82, 2.24) is 0 Å². The van der Waals surface area contributed by atoms with Crippen molar-refractivity contribution >= 4 is 11.9 Å². The van der Waals surface area contributed by atoms with Crippen molar-refractivity contribution in [2.24, 2.45) is 46.8 Å². The predicted octanol–water partition coefficient (Wildman–Crippen LogP) is 2.55. The lowest BCUT2D eigenvalue weighted by Gasteiger charge is -2.40. The number of cyclic esters (lactones) is 2. The maximum absolute atomic E-state index is 12.5. The summed E-state index contributed by atoms with van der Waals surface area (Å²) in [5, 5.41) is 0. The van der Waals surface area contributed by atoms with E-state index in [0.717, 1.165) is 25.7 Å². The van der Waals surface area contributed by atoms with Crippen LogP contribution in [0.4, 0.5) is 0 Å². The fraction of sp³-hybridized carbons (Fsp3) is 0.895. The van der Waals surface area contributed by atoms with Gasteiger partial charge in [-0.3, -0.25) is 9.59 Å². The molecule has 2 heterocycles. The first-order chi connectivity index (χ1) is 11.2. The van der Waals surface area contributed by atoms with Gasteiger partial charge in [-0.1, -0.05) is 0 Å². The van der Waals surface area contributed by atoms with Crippen molar-refractivity contribution in [3.05, 3.63) is 0 Å². The molecular formula is C19H24O4. The van der Waals surface area contributed by atoms with Crippen molar-refractivity contribution in [3.63, 3.8) is 0 Å². The largest absolute Gasteiger partial charge is 0.465 e. The van der Waals surface area contributed by atoms with E-state index in [9.17, 15) is 9.59 Å². The molecule has 1 spiro atoms. The van der Waals surface area contributed by atoms with Crippen LogP contribution < -0.4 is 0 Å². The summed E-state index contributed by atoms with van der Waals surface area (Å²) in [6.07, 6.45) is 8.08. The Bertz CT molecular complexity index is 600. The zero-order valence-corrected chi connectivity index (χ0v) is 13.4. The van der Waals surface area contributed by atoms with Crippen molar-refractivity contribution in [3.8, 4) is 0 Å². The summed E-state index contributed by atoms with van der Waals surface area (Å²) in [4.78, 5) is 24.9. The molecule has 124 valence electrons. The summed E-state index contributed by atoms with van der Waals surface area (Å²) < 4.78 is 11.4. The highest BCUT2D eigenvalue weighted by molar-refractivity contribution is 5.80. The maximum atomic E-state index is 12.5. The lowest BCUT2D eigenvalue weighted by Crippen LogP contribution is -2.43. The van der Waals surface area contributed by atoms with Gasteiger partial charge >= 0.3 is 11.9 Å². The van der Waals surface area contributed by atoms with Gasteiger partial charge in [0.05, 0.1) is 17.9 Å². The van der Waals surface area contributed by atoms with Crippen LogP contribution in [-0.2, 0) is 19.1 Å². The lowest BCUT2D eigenvalue weighted by atomic mass is 9.63. The number of hydrogen-bond acceptors (Lipinski definition) is 4. The highest BCUT2D eigenvalue weighted by Crippen LogP contribution is 2.67. The monoisotopic (exact) mass is 316 g/mol. The van der Waals surface area contributed by atoms with Crippen molar-refractivity contribution in [2.45, 2.75) is 51.0 Å². The number of hydrogen-bond donors (Lipinski definition) is 0. The van der Waals surface area contributed by atoms with Gasteiger partial charge in [0.2, 0.25) is 0 Å². The third kappa shape index (κ3) is 1.45. The van der Waals surface area contributed by atoms with E-state index in [0.29, 0.717) is 42.1 Å². The van der Waals surface area contributed by atoms with E-state index < -0.39 is 0 Å². The second-order valence-corrected chi connectivity index (χ2v) is 9.19. The molecule has 4 saturated carbocycles. The molecule has 6 fully saturated rings. The molecule has 0 radical (unpaired) electrons. The fourth-order valence-corrected chi connectivity index (χ4v) is 7.93. The molecule has 0 aromatic heterocycles. The van der Waals surface area contributed by atoms with Crippen LogP contribution in [0.25, 0.3) is 0 Å². The topological polar surface area (TPSA) is 52.6 Å². The smallest absolute Gasteiger partial charge is 0.312 e. The van der Waals surface area contributed by atoms with E-state index in [2.05, 4.69) is 0 Å². The highest BCUT2D eigenvalue weighted by Gasteiger charge is 2.68. The molecule has 6 aliphatic rings. The Hall–Kier alpha value is -1.06. The second-order valence-electron chi connectivity index (χ2n) is 9.19. The van der Waals surface area contributed by atoms with Crippen LogP contribution in [0.3, 0.4) is 0 Å². The number of carbonyl (C=O) groups is 2. The summed E-state index contributed by atoms with van der Waals surface area (Å²) >= 11 is 0. The summed E-state index contributed by atoms with van der Waals surface area (Å²) in [6.45, 7) is 0.593. The third-order valence-electron chi connectivity index (χ3n) is 8.57. The van der Waals surface area contributed by atoms with Gasteiger partial charge in [0.1, 0.15) is 6.10 Å². The van der Waals surface area contributed by atoms with Crippen LogP contribution in [0.5, 0.6) is 0 Å². The lowest BCUT2D eigenvalue weighted by molar-refractivity contribution is -0.154. The molecule has 4 bridgehead atoms. The molecule has 0 amide bonds. The molecule has 2 saturated heterocycles. The molecular weight excluding hydrogens is 292 g/mol. The first-order valence-electron chi connectivity index (χ1n) is 9.55. The summed E-state index contributed by atoms with van der Waals surface area (Å²) in [6, 6.07) is 0. The second kappa shape index (κ2) is 4.12. The van der Waals surface area contributed by atoms with Crippen LogP contribution in [0.1, 0.15) is 44.9 Å². The maximum Gasteiger partial charge on any atom is 0.312 e. The van der Waals surface area contributed by atoms with Crippen LogP contribution in [0, 0.1) is 46.8 Å². The average Bonchev–Trinajstić information content (AvgIpc) is 3.32. The SMILES string of the molecule is O=C1OC(C2CC3CC2C2(CCOC2=O)C3)C2C3CCC(C3)C12. The zero-order chi connectivity index (χ0) is 15.3. The minimum atomic E-state index is -0.226. The molecule has 0 aromatic rings. The molecule has 23 heavy (non-hydrogen) atoms. The van der Waals surface area contributed by atoms with E-state index >= 15 is 0 Å². The van der Waals surface area contributed by atoms with Gasteiger partial charge in [-0.25, -0.2) is 0 Å². The third-order valence-corrected chi connectivity index (χ3v) is 8.57. The van der Waals surface area contributed by atoms with Crippen LogP contribution in [-0.4, -0.2) is 24.6 Å². The number of esters is 2. The van der Waals surface area contributed by atoms with Crippen LogP contribution in [0.2, 0.25) is 0 Å². The molecule has 4 heteroatoms. The summed E-state index contributed by atoms with van der Waals surface area (Å²) in [5.41, 5.74) is -0.226. The molecule has 4 aliphatic carbocycles. The van der Waals surface area contributed by atoms with Crippen LogP contribution >= 0.6 is 0 Å². The Morgan fingerprint density at radius 1 is 1.04 bits per heavy atom. The standard InChI is InChI=1S/C19H24O4/c20-17-15-11-2-1-10(7-11)14(15)16(23-17)12-5-9-6-13(12)19(8-9)3-4-22-18(19)21/h9-16H,1-8H2. The van der Waals surface area contributed by atoms with Gasteiger partial charge in [0.25, 0.3) is 0 Å². The quantitative estimate of drug-likeness (QED) is 0.698. The first kappa shape index (κ1) is 13.3. The molecule has 4 nitrogen and oxygen atoms in total. The average molecular weight is 316 g/mol. The van der Waals surface area contributed by atoms with E-state index in [1.54, 1.807) is 0 Å².